The molecule has 0 aromatic carbocycles. The van der Waals surface area contributed by atoms with Crippen LogP contribution in [0.1, 0.15) is 65.2 Å². The van der Waals surface area contributed by atoms with Crippen molar-refractivity contribution in [1.82, 2.24) is 0 Å². The lowest BCUT2D eigenvalue weighted by molar-refractivity contribution is -0.180. The van der Waals surface area contributed by atoms with Crippen molar-refractivity contribution in [3.8, 4) is 0 Å². The SMILES string of the molecule is C[C@@]12CC[C@H](O)C[C@@H]1CC[C@H]1[C@H]2C(=O)C[C@]2(C)[C@@H]1CC[C@@]2(O)C(=O)CO. The molecule has 0 aliphatic heterocycles. The molecule has 26 heavy (non-hydrogen) atoms. The van der Waals surface area contributed by atoms with E-state index in [1.165, 1.54) is 0 Å². The van der Waals surface area contributed by atoms with Gasteiger partial charge in [-0.1, -0.05) is 13.8 Å². The van der Waals surface area contributed by atoms with Gasteiger partial charge in [-0.15, -0.1) is 0 Å². The molecule has 4 saturated carbocycles. The Morgan fingerprint density at radius 3 is 2.58 bits per heavy atom. The molecule has 146 valence electrons. The van der Waals surface area contributed by atoms with E-state index in [0.29, 0.717) is 12.3 Å². The van der Waals surface area contributed by atoms with Crippen LogP contribution in [0.3, 0.4) is 0 Å². The monoisotopic (exact) mass is 364 g/mol. The van der Waals surface area contributed by atoms with Crippen molar-refractivity contribution in [2.75, 3.05) is 6.61 Å². The second kappa shape index (κ2) is 5.86. The minimum Gasteiger partial charge on any atom is -0.393 e. The Hall–Kier alpha value is -0.780. The summed E-state index contributed by atoms with van der Waals surface area (Å²) in [7, 11) is 0. The van der Waals surface area contributed by atoms with Crippen LogP contribution in [-0.4, -0.2) is 45.2 Å². The van der Waals surface area contributed by atoms with Gasteiger partial charge in [-0.25, -0.2) is 0 Å². The average molecular weight is 364 g/mol. The maximum Gasteiger partial charge on any atom is 0.190 e. The number of carbonyl (C=O) groups is 2. The second-order valence-electron chi connectivity index (χ2n) is 10.00. The van der Waals surface area contributed by atoms with Crippen LogP contribution < -0.4 is 0 Å². The Kier molecular flexibility index (Phi) is 4.18. The molecule has 5 nitrogen and oxygen atoms in total. The van der Waals surface area contributed by atoms with Crippen LogP contribution in [0.4, 0.5) is 0 Å². The van der Waals surface area contributed by atoms with Crippen LogP contribution in [0.15, 0.2) is 0 Å². The van der Waals surface area contributed by atoms with Crippen LogP contribution in [-0.2, 0) is 9.59 Å². The summed E-state index contributed by atoms with van der Waals surface area (Å²) in [6.45, 7) is 3.46. The molecule has 0 spiro atoms. The van der Waals surface area contributed by atoms with Crippen LogP contribution in [0.25, 0.3) is 0 Å². The van der Waals surface area contributed by atoms with E-state index in [4.69, 9.17) is 0 Å². The molecule has 0 aromatic heterocycles. The molecule has 0 amide bonds. The van der Waals surface area contributed by atoms with Gasteiger partial charge < -0.3 is 15.3 Å². The van der Waals surface area contributed by atoms with Gasteiger partial charge in [0.05, 0.1) is 6.10 Å². The third kappa shape index (κ3) is 2.20. The molecule has 0 heterocycles. The van der Waals surface area contributed by atoms with Gasteiger partial charge in [-0.2, -0.15) is 0 Å². The molecule has 0 unspecified atom stereocenters. The average Bonchev–Trinajstić information content (AvgIpc) is 2.86. The normalized spacial score (nSPS) is 53.6. The molecule has 4 fully saturated rings. The van der Waals surface area contributed by atoms with E-state index in [1.807, 2.05) is 6.92 Å². The number of rotatable bonds is 2. The lowest BCUT2D eigenvalue weighted by Crippen LogP contribution is -2.62. The van der Waals surface area contributed by atoms with Crippen molar-refractivity contribution in [3.05, 3.63) is 0 Å². The van der Waals surface area contributed by atoms with Crippen molar-refractivity contribution >= 4 is 11.6 Å². The fourth-order valence-corrected chi connectivity index (χ4v) is 7.64. The number of hydrogen-bond acceptors (Lipinski definition) is 5. The second-order valence-corrected chi connectivity index (χ2v) is 10.00. The Morgan fingerprint density at radius 2 is 1.88 bits per heavy atom. The fraction of sp³-hybridized carbons (Fsp3) is 0.905. The number of carbonyl (C=O) groups excluding carboxylic acids is 2. The summed E-state index contributed by atoms with van der Waals surface area (Å²) < 4.78 is 0. The van der Waals surface area contributed by atoms with Crippen molar-refractivity contribution in [3.63, 3.8) is 0 Å². The van der Waals surface area contributed by atoms with Crippen LogP contribution in [0.2, 0.25) is 0 Å². The highest BCUT2D eigenvalue weighted by molar-refractivity contribution is 5.92. The Bertz CT molecular complexity index is 632. The smallest absolute Gasteiger partial charge is 0.190 e. The van der Waals surface area contributed by atoms with Crippen molar-refractivity contribution in [2.24, 2.45) is 34.5 Å². The van der Waals surface area contributed by atoms with Crippen LogP contribution in [0, 0.1) is 34.5 Å². The predicted octanol–water partition coefficient (Wildman–Crippen LogP) is 1.86. The van der Waals surface area contributed by atoms with Gasteiger partial charge in [0, 0.05) is 17.8 Å². The zero-order chi connectivity index (χ0) is 18.9. The first-order valence-electron chi connectivity index (χ1n) is 10.2. The zero-order valence-electron chi connectivity index (χ0n) is 15.9. The summed E-state index contributed by atoms with van der Waals surface area (Å²) in [4.78, 5) is 25.7. The lowest BCUT2D eigenvalue weighted by Gasteiger charge is -2.60. The fourth-order valence-electron chi connectivity index (χ4n) is 7.64. The minimum atomic E-state index is -1.58. The summed E-state index contributed by atoms with van der Waals surface area (Å²) >= 11 is 0. The summed E-state index contributed by atoms with van der Waals surface area (Å²) in [6.07, 6.45) is 5.47. The van der Waals surface area contributed by atoms with Crippen LogP contribution in [0.5, 0.6) is 0 Å². The van der Waals surface area contributed by atoms with E-state index in [-0.39, 0.29) is 41.5 Å². The maximum absolute atomic E-state index is 13.4. The molecule has 0 saturated heterocycles. The van der Waals surface area contributed by atoms with E-state index in [0.717, 1.165) is 38.5 Å². The standard InChI is InChI=1S/C21H32O5/c1-19-7-5-13(23)9-12(19)3-4-14-15-6-8-21(26,17(25)11-22)20(15,2)10-16(24)18(14)19/h12-15,18,22-23,26H,3-11H2,1-2H3/t12-,13-,14+,15+,18-,19+,20+,21+/m0/s1. The number of aliphatic hydroxyl groups is 3. The van der Waals surface area contributed by atoms with Gasteiger partial charge >= 0.3 is 0 Å². The number of aliphatic hydroxyl groups excluding tert-OH is 2. The van der Waals surface area contributed by atoms with Crippen molar-refractivity contribution in [1.29, 1.82) is 0 Å². The molecule has 8 atom stereocenters. The molecule has 0 aromatic rings. The quantitative estimate of drug-likeness (QED) is 0.695. The van der Waals surface area contributed by atoms with E-state index in [1.54, 1.807) is 0 Å². The first-order chi connectivity index (χ1) is 12.2. The topological polar surface area (TPSA) is 94.8 Å². The Morgan fingerprint density at radius 1 is 1.15 bits per heavy atom. The molecule has 5 heteroatoms. The predicted molar refractivity (Wildman–Crippen MR) is 95.2 cm³/mol. The highest BCUT2D eigenvalue weighted by Crippen LogP contribution is 2.67. The van der Waals surface area contributed by atoms with Crippen LogP contribution >= 0.6 is 0 Å². The molecule has 4 aliphatic carbocycles. The van der Waals surface area contributed by atoms with Gasteiger partial charge in [0.2, 0.25) is 0 Å². The van der Waals surface area contributed by atoms with Gasteiger partial charge in [-0.05, 0) is 68.1 Å². The molecular weight excluding hydrogens is 332 g/mol. The first-order valence-corrected chi connectivity index (χ1v) is 10.2. The third-order valence-corrected chi connectivity index (χ3v) is 9.08. The number of ketones is 2. The summed E-state index contributed by atoms with van der Waals surface area (Å²) in [5.74, 6) is 0.380. The number of fused-ring (bicyclic) bond motifs is 5. The van der Waals surface area contributed by atoms with E-state index < -0.39 is 23.4 Å². The van der Waals surface area contributed by atoms with Gasteiger partial charge in [0.25, 0.3) is 0 Å². The number of hydrogen-bond donors (Lipinski definition) is 3. The van der Waals surface area contributed by atoms with Gasteiger partial charge in [0.1, 0.15) is 18.0 Å². The lowest BCUT2D eigenvalue weighted by atomic mass is 9.44. The van der Waals surface area contributed by atoms with Crippen molar-refractivity contribution < 1.29 is 24.9 Å². The van der Waals surface area contributed by atoms with E-state index in [9.17, 15) is 24.9 Å². The Labute approximate surface area is 155 Å². The largest absolute Gasteiger partial charge is 0.393 e. The van der Waals surface area contributed by atoms with E-state index >= 15 is 0 Å². The molecule has 4 aliphatic rings. The molecular formula is C21H32O5. The zero-order valence-corrected chi connectivity index (χ0v) is 15.9. The Balaban J connectivity index is 1.70. The molecule has 0 radical (unpaired) electrons. The summed E-state index contributed by atoms with van der Waals surface area (Å²) in [5, 5.41) is 30.6. The van der Waals surface area contributed by atoms with Gasteiger partial charge in [-0.3, -0.25) is 9.59 Å². The molecule has 0 bridgehead atoms. The first kappa shape index (κ1) is 18.6. The molecule has 3 N–H and O–H groups in total. The third-order valence-electron chi connectivity index (χ3n) is 9.08. The van der Waals surface area contributed by atoms with Crippen molar-refractivity contribution in [2.45, 2.75) is 76.9 Å². The highest BCUT2D eigenvalue weighted by atomic mass is 16.3. The summed E-state index contributed by atoms with van der Waals surface area (Å²) in [6, 6.07) is 0. The maximum atomic E-state index is 13.4. The number of Topliss-reactive ketones (excluding diaryl/α,β-unsaturated/α-hetero) is 2. The summed E-state index contributed by atoms with van der Waals surface area (Å²) in [5.41, 5.74) is -2.40. The van der Waals surface area contributed by atoms with E-state index in [2.05, 4.69) is 6.92 Å². The van der Waals surface area contributed by atoms with Gasteiger partial charge in [0.15, 0.2) is 5.78 Å². The molecule has 4 rings (SSSR count). The minimum absolute atomic E-state index is 0.0154. The highest BCUT2D eigenvalue weighted by Gasteiger charge is 2.68.